The second-order valence-electron chi connectivity index (χ2n) is 5.80. The summed E-state index contributed by atoms with van der Waals surface area (Å²) in [5.74, 6) is 8.24. The third-order valence-electron chi connectivity index (χ3n) is 2.65. The smallest absolute Gasteiger partial charge is 0.129 e. The van der Waals surface area contributed by atoms with E-state index in [9.17, 15) is 0 Å². The lowest BCUT2D eigenvalue weighted by Gasteiger charge is -2.11. The molecule has 0 unspecified atom stereocenters. The van der Waals surface area contributed by atoms with E-state index in [1.54, 1.807) is 6.08 Å². The van der Waals surface area contributed by atoms with E-state index in [4.69, 9.17) is 4.74 Å². The van der Waals surface area contributed by atoms with Crippen molar-refractivity contribution in [3.63, 3.8) is 0 Å². The van der Waals surface area contributed by atoms with Crippen molar-refractivity contribution in [3.8, 4) is 17.6 Å². The number of allylic oxidation sites excluding steroid dienone is 3. The Morgan fingerprint density at radius 2 is 2.05 bits per heavy atom. The maximum atomic E-state index is 5.88. The lowest BCUT2D eigenvalue weighted by molar-refractivity contribution is 0.407. The minimum absolute atomic E-state index is 0.0190. The van der Waals surface area contributed by atoms with Gasteiger partial charge >= 0.3 is 0 Å². The zero-order valence-electron chi connectivity index (χ0n) is 13.2. The van der Waals surface area contributed by atoms with Crippen molar-refractivity contribution in [3.05, 3.63) is 53.8 Å². The Hall–Kier alpha value is -1.94. The summed E-state index contributed by atoms with van der Waals surface area (Å²) in [6, 6.07) is 6.05. The summed E-state index contributed by atoms with van der Waals surface area (Å²) in [6.45, 7) is 14.1. The highest BCUT2D eigenvalue weighted by Gasteiger charge is 2.05. The lowest BCUT2D eigenvalue weighted by atomic mass is 9.97. The average Bonchev–Trinajstić information content (AvgIpc) is 2.37. The lowest BCUT2D eigenvalue weighted by Crippen LogP contribution is -1.99. The fourth-order valence-corrected chi connectivity index (χ4v) is 1.60. The summed E-state index contributed by atoms with van der Waals surface area (Å²) in [4.78, 5) is 0. The van der Waals surface area contributed by atoms with Crippen LogP contribution in [0.15, 0.2) is 42.7 Å². The van der Waals surface area contributed by atoms with E-state index in [1.165, 1.54) is 0 Å². The van der Waals surface area contributed by atoms with Crippen molar-refractivity contribution >= 4 is 0 Å². The van der Waals surface area contributed by atoms with Gasteiger partial charge in [0.15, 0.2) is 0 Å². The molecule has 106 valence electrons. The first kappa shape index (κ1) is 16.1. The second kappa shape index (κ2) is 7.01. The van der Waals surface area contributed by atoms with Gasteiger partial charge in [0.05, 0.1) is 0 Å². The molecule has 0 aromatic heterocycles. The fourth-order valence-electron chi connectivity index (χ4n) is 1.60. The van der Waals surface area contributed by atoms with Gasteiger partial charge in [0, 0.05) is 17.4 Å². The van der Waals surface area contributed by atoms with Gasteiger partial charge in [-0.1, -0.05) is 31.4 Å². The fraction of sp³-hybridized carbons (Fsp3) is 0.368. The first-order chi connectivity index (χ1) is 9.35. The molecule has 0 saturated heterocycles. The number of ether oxygens (including phenoxy) is 1. The van der Waals surface area contributed by atoms with Crippen LogP contribution in [0.4, 0.5) is 0 Å². The van der Waals surface area contributed by atoms with Gasteiger partial charge in [0.25, 0.3) is 0 Å². The molecule has 1 aromatic carbocycles. The standard InChI is InChI=1S/C19H24O/c1-7-9-17(8-2)20-18-11-10-16(14-15(18)3)12-13-19(4,5)6/h7,9-11,14H,1,8H2,2-6H3/b17-9+. The number of benzene rings is 1. The van der Waals surface area contributed by atoms with E-state index in [2.05, 4.69) is 52.2 Å². The highest BCUT2D eigenvalue weighted by atomic mass is 16.5. The monoisotopic (exact) mass is 268 g/mol. The average molecular weight is 268 g/mol. The molecule has 0 aliphatic carbocycles. The van der Waals surface area contributed by atoms with Crippen LogP contribution in [0, 0.1) is 24.2 Å². The van der Waals surface area contributed by atoms with E-state index in [-0.39, 0.29) is 5.41 Å². The van der Waals surface area contributed by atoms with Crippen molar-refractivity contribution < 1.29 is 4.74 Å². The van der Waals surface area contributed by atoms with Gasteiger partial charge < -0.3 is 4.74 Å². The molecule has 1 aromatic rings. The molecule has 0 bridgehead atoms. The predicted octanol–water partition coefficient (Wildman–Crippen LogP) is 5.25. The van der Waals surface area contributed by atoms with Crippen LogP contribution in [-0.2, 0) is 0 Å². The first-order valence-electron chi connectivity index (χ1n) is 6.99. The number of hydrogen-bond donors (Lipinski definition) is 0. The zero-order valence-corrected chi connectivity index (χ0v) is 13.2. The minimum atomic E-state index is 0.0190. The third kappa shape index (κ3) is 5.36. The zero-order chi connectivity index (χ0) is 15.2. The molecule has 20 heavy (non-hydrogen) atoms. The van der Waals surface area contributed by atoms with Gasteiger partial charge in [-0.15, -0.1) is 0 Å². The van der Waals surface area contributed by atoms with Crippen LogP contribution < -0.4 is 4.74 Å². The van der Waals surface area contributed by atoms with Gasteiger partial charge in [-0.3, -0.25) is 0 Å². The molecule has 0 amide bonds. The summed E-state index contributed by atoms with van der Waals surface area (Å²) in [7, 11) is 0. The summed E-state index contributed by atoms with van der Waals surface area (Å²) in [6.07, 6.45) is 4.49. The summed E-state index contributed by atoms with van der Waals surface area (Å²) >= 11 is 0. The molecule has 0 radical (unpaired) electrons. The number of aryl methyl sites for hydroxylation is 1. The van der Waals surface area contributed by atoms with Crippen LogP contribution in [-0.4, -0.2) is 0 Å². The normalized spacial score (nSPS) is 11.6. The van der Waals surface area contributed by atoms with Crippen LogP contribution in [0.5, 0.6) is 5.75 Å². The second-order valence-corrected chi connectivity index (χ2v) is 5.80. The molecule has 1 nitrogen and oxygen atoms in total. The molecule has 0 fully saturated rings. The summed E-state index contributed by atoms with van der Waals surface area (Å²) in [5, 5.41) is 0. The van der Waals surface area contributed by atoms with Gasteiger partial charge in [0.2, 0.25) is 0 Å². The molecular formula is C19H24O. The molecule has 0 atom stereocenters. The predicted molar refractivity (Wildman–Crippen MR) is 86.7 cm³/mol. The Bertz CT molecular complexity index is 560. The highest BCUT2D eigenvalue weighted by Crippen LogP contribution is 2.22. The van der Waals surface area contributed by atoms with E-state index in [0.29, 0.717) is 0 Å². The van der Waals surface area contributed by atoms with Gasteiger partial charge in [-0.05, 0) is 57.5 Å². The van der Waals surface area contributed by atoms with Gasteiger partial charge in [-0.25, -0.2) is 0 Å². The summed E-state index contributed by atoms with van der Waals surface area (Å²) in [5.41, 5.74) is 2.13. The Morgan fingerprint density at radius 3 is 2.55 bits per heavy atom. The molecule has 1 rings (SSSR count). The van der Waals surface area contributed by atoms with E-state index in [0.717, 1.165) is 29.1 Å². The maximum Gasteiger partial charge on any atom is 0.129 e. The van der Waals surface area contributed by atoms with Crippen molar-refractivity contribution in [2.24, 2.45) is 5.41 Å². The molecule has 0 spiro atoms. The minimum Gasteiger partial charge on any atom is -0.461 e. The SMILES string of the molecule is C=C/C=C(\CC)Oc1ccc(C#CC(C)(C)C)cc1C. The maximum absolute atomic E-state index is 5.88. The Kier molecular flexibility index (Phi) is 5.65. The van der Waals surface area contributed by atoms with Crippen molar-refractivity contribution in [1.82, 2.24) is 0 Å². The first-order valence-corrected chi connectivity index (χ1v) is 6.99. The molecule has 0 saturated carbocycles. The number of hydrogen-bond acceptors (Lipinski definition) is 1. The molecule has 0 aliphatic heterocycles. The van der Waals surface area contributed by atoms with Crippen LogP contribution in [0.3, 0.4) is 0 Å². The molecule has 0 heterocycles. The molecule has 0 aliphatic rings. The summed E-state index contributed by atoms with van der Waals surface area (Å²) < 4.78 is 5.88. The molecule has 0 N–H and O–H groups in total. The van der Waals surface area contributed by atoms with E-state index >= 15 is 0 Å². The van der Waals surface area contributed by atoms with Gasteiger partial charge in [-0.2, -0.15) is 0 Å². The Labute approximate surface area is 123 Å². The van der Waals surface area contributed by atoms with Crippen LogP contribution in [0.25, 0.3) is 0 Å². The third-order valence-corrected chi connectivity index (χ3v) is 2.65. The molecular weight excluding hydrogens is 244 g/mol. The van der Waals surface area contributed by atoms with Gasteiger partial charge in [0.1, 0.15) is 11.5 Å². The van der Waals surface area contributed by atoms with Crippen molar-refractivity contribution in [2.75, 3.05) is 0 Å². The highest BCUT2D eigenvalue weighted by molar-refractivity contribution is 5.44. The van der Waals surface area contributed by atoms with Crippen molar-refractivity contribution in [1.29, 1.82) is 0 Å². The Morgan fingerprint density at radius 1 is 1.35 bits per heavy atom. The quantitative estimate of drug-likeness (QED) is 0.411. The van der Waals surface area contributed by atoms with Crippen LogP contribution >= 0.6 is 0 Å². The Balaban J connectivity index is 2.96. The van der Waals surface area contributed by atoms with E-state index in [1.807, 2.05) is 25.1 Å². The largest absolute Gasteiger partial charge is 0.461 e. The number of rotatable bonds is 4. The van der Waals surface area contributed by atoms with Crippen molar-refractivity contribution in [2.45, 2.75) is 41.0 Å². The molecule has 1 heteroatoms. The van der Waals surface area contributed by atoms with Crippen LogP contribution in [0.1, 0.15) is 45.2 Å². The van der Waals surface area contributed by atoms with E-state index < -0.39 is 0 Å². The van der Waals surface area contributed by atoms with Crippen LogP contribution in [0.2, 0.25) is 0 Å². The topological polar surface area (TPSA) is 9.23 Å².